The van der Waals surface area contributed by atoms with Crippen LogP contribution >= 0.6 is 0 Å². The van der Waals surface area contributed by atoms with Gasteiger partial charge in [0.05, 0.1) is 0 Å². The second kappa shape index (κ2) is 9.37. The van der Waals surface area contributed by atoms with Crippen molar-refractivity contribution in [2.24, 2.45) is 5.92 Å². The maximum atomic E-state index is 11.7. The molecular weight excluding hydrogens is 226 g/mol. The molecule has 1 aliphatic rings. The summed E-state index contributed by atoms with van der Waals surface area (Å²) in [4.78, 5) is 11.7. The van der Waals surface area contributed by atoms with Crippen LogP contribution in [0.15, 0.2) is 0 Å². The van der Waals surface area contributed by atoms with E-state index in [9.17, 15) is 4.79 Å². The summed E-state index contributed by atoms with van der Waals surface area (Å²) in [6.07, 6.45) is 10.8. The van der Waals surface area contributed by atoms with Crippen molar-refractivity contribution < 1.29 is 9.90 Å². The first kappa shape index (κ1) is 15.5. The number of hydrogen-bond donors (Lipinski definition) is 2. The first-order valence-corrected chi connectivity index (χ1v) is 7.66. The Balaban J connectivity index is 2.07. The van der Waals surface area contributed by atoms with Gasteiger partial charge in [0.2, 0.25) is 5.91 Å². The van der Waals surface area contributed by atoms with E-state index in [1.54, 1.807) is 0 Å². The van der Waals surface area contributed by atoms with Crippen molar-refractivity contribution >= 4 is 5.91 Å². The second-order valence-corrected chi connectivity index (χ2v) is 5.61. The average molecular weight is 255 g/mol. The molecule has 1 aliphatic carbocycles. The standard InChI is InChI=1S/C15H29NO2/c1-2-3-4-5-6-15(18)16-14-9-7-13(8-10-14)11-12-17/h13-14,17H,2-12H2,1H3,(H,16,18). The van der Waals surface area contributed by atoms with E-state index >= 15 is 0 Å². The van der Waals surface area contributed by atoms with Crippen LogP contribution in [0.5, 0.6) is 0 Å². The number of carbonyl (C=O) groups is 1. The van der Waals surface area contributed by atoms with E-state index in [1.165, 1.54) is 19.3 Å². The van der Waals surface area contributed by atoms with Gasteiger partial charge in [-0.25, -0.2) is 0 Å². The normalized spacial score (nSPS) is 23.9. The molecule has 3 heteroatoms. The molecule has 0 aromatic rings. The Morgan fingerprint density at radius 3 is 2.50 bits per heavy atom. The van der Waals surface area contributed by atoms with Crippen LogP contribution in [-0.4, -0.2) is 23.7 Å². The molecule has 2 N–H and O–H groups in total. The molecule has 1 rings (SSSR count). The highest BCUT2D eigenvalue weighted by Gasteiger charge is 2.21. The summed E-state index contributed by atoms with van der Waals surface area (Å²) in [5.41, 5.74) is 0. The number of rotatable bonds is 8. The van der Waals surface area contributed by atoms with E-state index in [4.69, 9.17) is 5.11 Å². The van der Waals surface area contributed by atoms with Gasteiger partial charge in [-0.2, -0.15) is 0 Å². The van der Waals surface area contributed by atoms with Crippen LogP contribution < -0.4 is 5.32 Å². The van der Waals surface area contributed by atoms with Gasteiger partial charge in [-0.1, -0.05) is 26.2 Å². The van der Waals surface area contributed by atoms with Crippen molar-refractivity contribution in [3.05, 3.63) is 0 Å². The highest BCUT2D eigenvalue weighted by atomic mass is 16.3. The Labute approximate surface area is 111 Å². The molecule has 0 bridgehead atoms. The van der Waals surface area contributed by atoms with Gasteiger partial charge < -0.3 is 10.4 Å². The van der Waals surface area contributed by atoms with Crippen molar-refractivity contribution in [1.82, 2.24) is 5.32 Å². The molecule has 0 saturated heterocycles. The molecule has 0 radical (unpaired) electrons. The van der Waals surface area contributed by atoms with Crippen LogP contribution in [0.2, 0.25) is 0 Å². The number of unbranched alkanes of at least 4 members (excludes halogenated alkanes) is 3. The van der Waals surface area contributed by atoms with E-state index in [2.05, 4.69) is 12.2 Å². The Morgan fingerprint density at radius 1 is 1.17 bits per heavy atom. The molecule has 0 atom stereocenters. The summed E-state index contributed by atoms with van der Waals surface area (Å²) >= 11 is 0. The number of hydrogen-bond acceptors (Lipinski definition) is 2. The third-order valence-electron chi connectivity index (χ3n) is 4.01. The topological polar surface area (TPSA) is 49.3 Å². The zero-order valence-electron chi connectivity index (χ0n) is 11.8. The van der Waals surface area contributed by atoms with E-state index in [0.717, 1.165) is 38.5 Å². The van der Waals surface area contributed by atoms with Gasteiger partial charge >= 0.3 is 0 Å². The third-order valence-corrected chi connectivity index (χ3v) is 4.01. The van der Waals surface area contributed by atoms with Gasteiger partial charge in [-0.3, -0.25) is 4.79 Å². The van der Waals surface area contributed by atoms with Gasteiger partial charge in [0, 0.05) is 19.1 Å². The number of nitrogens with one attached hydrogen (secondary N) is 1. The van der Waals surface area contributed by atoms with Gasteiger partial charge in [0.15, 0.2) is 0 Å². The fourth-order valence-corrected chi connectivity index (χ4v) is 2.79. The molecule has 0 aromatic heterocycles. The summed E-state index contributed by atoms with van der Waals surface area (Å²) in [7, 11) is 0. The highest BCUT2D eigenvalue weighted by molar-refractivity contribution is 5.76. The quantitative estimate of drug-likeness (QED) is 0.655. The average Bonchev–Trinajstić information content (AvgIpc) is 2.37. The predicted molar refractivity (Wildman–Crippen MR) is 74.4 cm³/mol. The Hall–Kier alpha value is -0.570. The summed E-state index contributed by atoms with van der Waals surface area (Å²) in [6.45, 7) is 2.49. The number of aliphatic hydroxyl groups excluding tert-OH is 1. The van der Waals surface area contributed by atoms with E-state index in [0.29, 0.717) is 25.0 Å². The largest absolute Gasteiger partial charge is 0.396 e. The summed E-state index contributed by atoms with van der Waals surface area (Å²) in [6, 6.07) is 0.388. The first-order valence-electron chi connectivity index (χ1n) is 7.66. The fraction of sp³-hybridized carbons (Fsp3) is 0.933. The van der Waals surface area contributed by atoms with Crippen molar-refractivity contribution in [3.8, 4) is 0 Å². The highest BCUT2D eigenvalue weighted by Crippen LogP contribution is 2.26. The predicted octanol–water partition coefficient (Wildman–Crippen LogP) is 3.01. The minimum atomic E-state index is 0.233. The van der Waals surface area contributed by atoms with Crippen LogP contribution in [0.1, 0.15) is 71.1 Å². The van der Waals surface area contributed by atoms with Crippen LogP contribution in [0.3, 0.4) is 0 Å². The summed E-state index contributed by atoms with van der Waals surface area (Å²) < 4.78 is 0. The van der Waals surface area contributed by atoms with Crippen LogP contribution in [0.4, 0.5) is 0 Å². The molecule has 0 spiro atoms. The molecule has 0 unspecified atom stereocenters. The van der Waals surface area contributed by atoms with Crippen LogP contribution in [0, 0.1) is 5.92 Å². The van der Waals surface area contributed by atoms with Gasteiger partial charge in [0.25, 0.3) is 0 Å². The number of carbonyl (C=O) groups excluding carboxylic acids is 1. The molecule has 1 amide bonds. The smallest absolute Gasteiger partial charge is 0.220 e. The van der Waals surface area contributed by atoms with E-state index < -0.39 is 0 Å². The molecule has 0 aliphatic heterocycles. The van der Waals surface area contributed by atoms with Crippen LogP contribution in [-0.2, 0) is 4.79 Å². The second-order valence-electron chi connectivity index (χ2n) is 5.61. The molecule has 0 heterocycles. The Morgan fingerprint density at radius 2 is 1.89 bits per heavy atom. The molecular formula is C15H29NO2. The van der Waals surface area contributed by atoms with Crippen LogP contribution in [0.25, 0.3) is 0 Å². The lowest BCUT2D eigenvalue weighted by Gasteiger charge is -2.28. The lowest BCUT2D eigenvalue weighted by molar-refractivity contribution is -0.122. The van der Waals surface area contributed by atoms with Gasteiger partial charge in [-0.15, -0.1) is 0 Å². The monoisotopic (exact) mass is 255 g/mol. The molecule has 0 aromatic carbocycles. The fourth-order valence-electron chi connectivity index (χ4n) is 2.79. The Kier molecular flexibility index (Phi) is 8.06. The maximum Gasteiger partial charge on any atom is 0.220 e. The molecule has 1 fully saturated rings. The number of amides is 1. The van der Waals surface area contributed by atoms with Crippen molar-refractivity contribution in [1.29, 1.82) is 0 Å². The maximum absolute atomic E-state index is 11.7. The van der Waals surface area contributed by atoms with Gasteiger partial charge in [-0.05, 0) is 44.4 Å². The van der Waals surface area contributed by atoms with Crippen molar-refractivity contribution in [3.63, 3.8) is 0 Å². The van der Waals surface area contributed by atoms with Crippen molar-refractivity contribution in [2.75, 3.05) is 6.61 Å². The number of aliphatic hydroxyl groups is 1. The molecule has 106 valence electrons. The zero-order chi connectivity index (χ0) is 13.2. The minimum absolute atomic E-state index is 0.233. The summed E-state index contributed by atoms with van der Waals surface area (Å²) in [5, 5.41) is 12.1. The third kappa shape index (κ3) is 6.39. The molecule has 3 nitrogen and oxygen atoms in total. The van der Waals surface area contributed by atoms with E-state index in [1.807, 2.05) is 0 Å². The van der Waals surface area contributed by atoms with Gasteiger partial charge in [0.1, 0.15) is 0 Å². The zero-order valence-corrected chi connectivity index (χ0v) is 11.8. The first-order chi connectivity index (χ1) is 8.76. The minimum Gasteiger partial charge on any atom is -0.396 e. The van der Waals surface area contributed by atoms with E-state index in [-0.39, 0.29) is 5.91 Å². The summed E-state index contributed by atoms with van der Waals surface area (Å²) in [5.74, 6) is 0.907. The lowest BCUT2D eigenvalue weighted by atomic mass is 9.84. The SMILES string of the molecule is CCCCCCC(=O)NC1CCC(CCO)CC1. The van der Waals surface area contributed by atoms with Crippen molar-refractivity contribution in [2.45, 2.75) is 77.2 Å². The lowest BCUT2D eigenvalue weighted by Crippen LogP contribution is -2.37. The molecule has 1 saturated carbocycles. The Bertz CT molecular complexity index is 223. The molecule has 18 heavy (non-hydrogen) atoms.